The summed E-state index contributed by atoms with van der Waals surface area (Å²) < 4.78 is 33.0. The van der Waals surface area contributed by atoms with Crippen molar-refractivity contribution in [1.82, 2.24) is 10.4 Å². The molecule has 1 unspecified atom stereocenters. The molecule has 1 aromatic rings. The zero-order valence-electron chi connectivity index (χ0n) is 13.7. The Balaban J connectivity index is 0.000000758. The van der Waals surface area contributed by atoms with Gasteiger partial charge >= 0.3 is 12.1 Å². The number of aliphatic hydroxyl groups is 1. The van der Waals surface area contributed by atoms with Crippen molar-refractivity contribution in [1.29, 1.82) is 0 Å². The number of carboxylic acids is 2. The minimum atomic E-state index is -5.19. The fraction of sp³-hybridized carbons (Fsp3) is 0.500. The van der Waals surface area contributed by atoms with E-state index in [4.69, 9.17) is 20.1 Å². The second kappa shape index (κ2) is 11.0. The van der Waals surface area contributed by atoms with Gasteiger partial charge in [0.25, 0.3) is 5.91 Å². The summed E-state index contributed by atoms with van der Waals surface area (Å²) in [6, 6.07) is 1.58. The van der Waals surface area contributed by atoms with Crippen molar-refractivity contribution in [2.24, 2.45) is 0 Å². The summed E-state index contributed by atoms with van der Waals surface area (Å²) in [4.78, 5) is 30.8. The molecule has 0 fully saturated rings. The molecule has 0 aliphatic heterocycles. The first-order chi connectivity index (χ1) is 11.9. The summed E-state index contributed by atoms with van der Waals surface area (Å²) in [5.74, 6) is -4.17. The van der Waals surface area contributed by atoms with Gasteiger partial charge in [-0.25, -0.2) is 0 Å². The highest BCUT2D eigenvalue weighted by Gasteiger charge is 2.28. The van der Waals surface area contributed by atoms with Crippen molar-refractivity contribution in [3.05, 3.63) is 24.0 Å². The third kappa shape index (κ3) is 10.9. The third-order valence-electron chi connectivity index (χ3n) is 2.67. The smallest absolute Gasteiger partial charge is 0.430 e. The molecule has 0 radical (unpaired) electrons. The molecule has 0 aliphatic rings. The quantitative estimate of drug-likeness (QED) is 0.495. The van der Waals surface area contributed by atoms with Gasteiger partial charge in [0.1, 0.15) is 18.6 Å². The van der Waals surface area contributed by atoms with Crippen LogP contribution in [0, 0.1) is 0 Å². The number of carbonyl (C=O) groups excluding carboxylic acids is 2. The van der Waals surface area contributed by atoms with E-state index >= 15 is 0 Å². The maximum Gasteiger partial charge on any atom is 0.430 e. The lowest BCUT2D eigenvalue weighted by atomic mass is 10.2. The Kier molecular flexibility index (Phi) is 9.81. The predicted octanol–water partition coefficient (Wildman–Crippen LogP) is -1.36. The number of nitrogens with one attached hydrogen (secondary N) is 1. The number of aryl methyl sites for hydroxylation is 1. The molecule has 1 heterocycles. The van der Waals surface area contributed by atoms with E-state index in [0.717, 1.165) is 0 Å². The van der Waals surface area contributed by atoms with Crippen LogP contribution in [0.3, 0.4) is 0 Å². The first-order valence-corrected chi connectivity index (χ1v) is 7.25. The van der Waals surface area contributed by atoms with Gasteiger partial charge in [0.15, 0.2) is 12.7 Å². The lowest BCUT2D eigenvalue weighted by molar-refractivity contribution is -0.753. The summed E-state index contributed by atoms with van der Waals surface area (Å²) in [6.45, 7) is 2.31. The number of hydrogen-bond acceptors (Lipinski definition) is 6. The van der Waals surface area contributed by atoms with Crippen LogP contribution in [0.4, 0.5) is 13.2 Å². The molecule has 0 aliphatic carbocycles. The van der Waals surface area contributed by atoms with Crippen LogP contribution in [-0.2, 0) is 16.1 Å². The van der Waals surface area contributed by atoms with E-state index in [2.05, 4.69) is 10.4 Å². The normalized spacial score (nSPS) is 11.7. The lowest BCUT2D eigenvalue weighted by Gasteiger charge is -2.05. The molecule has 12 heteroatoms. The highest BCUT2D eigenvalue weighted by atomic mass is 19.4. The third-order valence-corrected chi connectivity index (χ3v) is 2.67. The van der Waals surface area contributed by atoms with Crippen molar-refractivity contribution >= 4 is 17.8 Å². The van der Waals surface area contributed by atoms with Crippen LogP contribution < -0.4 is 15.1 Å². The first-order valence-electron chi connectivity index (χ1n) is 7.25. The van der Waals surface area contributed by atoms with Gasteiger partial charge in [-0.2, -0.15) is 13.2 Å². The summed E-state index contributed by atoms with van der Waals surface area (Å²) in [5, 5.41) is 33.0. The summed E-state index contributed by atoms with van der Waals surface area (Å²) in [7, 11) is 0. The molecule has 146 valence electrons. The fourth-order valence-corrected chi connectivity index (χ4v) is 1.36. The number of hydrogen-bond donors (Lipinski definition) is 3. The molecule has 0 saturated heterocycles. The average Bonchev–Trinajstić information content (AvgIpc) is 2.52. The van der Waals surface area contributed by atoms with E-state index in [1.165, 1.54) is 10.9 Å². The minimum Gasteiger partial charge on any atom is -0.542 e. The van der Waals surface area contributed by atoms with Crippen molar-refractivity contribution < 1.29 is 47.6 Å². The number of alkyl halides is 3. The Morgan fingerprint density at radius 2 is 1.96 bits per heavy atom. The van der Waals surface area contributed by atoms with Gasteiger partial charge < -0.3 is 25.4 Å². The maximum absolute atomic E-state index is 11.7. The molecule has 1 rings (SSSR count). The number of aromatic nitrogens is 2. The van der Waals surface area contributed by atoms with Gasteiger partial charge in [0, 0.05) is 12.6 Å². The van der Waals surface area contributed by atoms with Gasteiger partial charge in [0.2, 0.25) is 0 Å². The van der Waals surface area contributed by atoms with E-state index in [9.17, 15) is 22.8 Å². The summed E-state index contributed by atoms with van der Waals surface area (Å²) in [5.41, 5.74) is 0.400. The molecule has 26 heavy (non-hydrogen) atoms. The largest absolute Gasteiger partial charge is 0.542 e. The number of nitrogens with zero attached hydrogens (tertiary/aromatic N) is 2. The fourth-order valence-electron chi connectivity index (χ4n) is 1.36. The Morgan fingerprint density at radius 1 is 1.38 bits per heavy atom. The monoisotopic (exact) mass is 381 g/mol. The van der Waals surface area contributed by atoms with Crippen molar-refractivity contribution in [2.45, 2.75) is 38.6 Å². The number of amides is 1. The molecule has 0 bridgehead atoms. The Labute approximate surface area is 146 Å². The maximum atomic E-state index is 11.7. The van der Waals surface area contributed by atoms with E-state index in [0.29, 0.717) is 18.5 Å². The van der Waals surface area contributed by atoms with Crippen LogP contribution in [0.5, 0.6) is 0 Å². The second-order valence-corrected chi connectivity index (χ2v) is 5.00. The number of aliphatic carboxylic acids is 2. The SMILES string of the molecule is CC(O)CCNC(=O)c1cc[n+](CCC(=O)O)nc1.O=C([O-])C(F)(F)F. The minimum absolute atomic E-state index is 0.0163. The highest BCUT2D eigenvalue weighted by molar-refractivity contribution is 5.93. The van der Waals surface area contributed by atoms with Crippen molar-refractivity contribution in [2.75, 3.05) is 6.54 Å². The summed E-state index contributed by atoms with van der Waals surface area (Å²) in [6.07, 6.45) is -2.22. The molecule has 3 N–H and O–H groups in total. The Hall–Kier alpha value is -2.76. The van der Waals surface area contributed by atoms with E-state index < -0.39 is 24.2 Å². The Morgan fingerprint density at radius 3 is 2.35 bits per heavy atom. The number of halogens is 3. The molecule has 0 aromatic carbocycles. The predicted molar refractivity (Wildman–Crippen MR) is 76.4 cm³/mol. The summed E-state index contributed by atoms with van der Waals surface area (Å²) >= 11 is 0. The average molecular weight is 381 g/mol. The van der Waals surface area contributed by atoms with Crippen molar-refractivity contribution in [3.63, 3.8) is 0 Å². The highest BCUT2D eigenvalue weighted by Crippen LogP contribution is 2.11. The topological polar surface area (TPSA) is 144 Å². The van der Waals surface area contributed by atoms with Gasteiger partial charge in [-0.3, -0.25) is 9.59 Å². The van der Waals surface area contributed by atoms with Crippen LogP contribution >= 0.6 is 0 Å². The first kappa shape index (κ1) is 23.2. The molecular formula is C14H18F3N3O6. The van der Waals surface area contributed by atoms with Crippen molar-refractivity contribution in [3.8, 4) is 0 Å². The molecule has 1 amide bonds. The van der Waals surface area contributed by atoms with Crippen LogP contribution in [-0.4, -0.2) is 52.0 Å². The van der Waals surface area contributed by atoms with Crippen LogP contribution in [0.15, 0.2) is 18.5 Å². The van der Waals surface area contributed by atoms with E-state index in [-0.39, 0.29) is 18.9 Å². The lowest BCUT2D eigenvalue weighted by Crippen LogP contribution is -2.39. The second-order valence-electron chi connectivity index (χ2n) is 5.00. The van der Waals surface area contributed by atoms with Crippen LogP contribution in [0.25, 0.3) is 0 Å². The molecule has 0 saturated carbocycles. The standard InChI is InChI=1S/C12H17N3O4.C2HF3O2/c1-9(16)2-5-13-12(19)10-3-6-15(14-8-10)7-4-11(17)18;3-2(4,5)1(6)7/h3,6,8-9,16H,2,4-5,7H2,1H3,(H-,13,17,18,19);(H,6,7). The zero-order valence-corrected chi connectivity index (χ0v) is 13.7. The molecule has 1 aromatic heterocycles. The van der Waals surface area contributed by atoms with Gasteiger partial charge in [-0.1, -0.05) is 4.68 Å². The zero-order chi connectivity index (χ0) is 20.3. The van der Waals surface area contributed by atoms with Crippen LogP contribution in [0.2, 0.25) is 0 Å². The molecule has 1 atom stereocenters. The van der Waals surface area contributed by atoms with Gasteiger partial charge in [-0.15, -0.1) is 0 Å². The molecular weight excluding hydrogens is 363 g/mol. The molecule has 9 nitrogen and oxygen atoms in total. The van der Waals surface area contributed by atoms with Gasteiger partial charge in [0.05, 0.1) is 11.7 Å². The van der Waals surface area contributed by atoms with Crippen LogP contribution in [0.1, 0.15) is 30.1 Å². The molecule has 0 spiro atoms. The number of carbonyl (C=O) groups is 3. The van der Waals surface area contributed by atoms with Gasteiger partial charge in [-0.05, 0) is 18.4 Å². The van der Waals surface area contributed by atoms with E-state index in [1.807, 2.05) is 0 Å². The number of rotatable bonds is 7. The number of aliphatic hydroxyl groups excluding tert-OH is 1. The van der Waals surface area contributed by atoms with E-state index in [1.54, 1.807) is 19.2 Å². The Bertz CT molecular complexity index is 605. The number of carboxylic acid groups (broad SMARTS) is 2.